The standard InChI is InChI=1S/C8H7F2N3O/c9-8(10)7-4(1-2-11)5(14)3-6(12)13-7/h3,8H,1H2,(H3,12,13,14). The Morgan fingerprint density at radius 1 is 1.64 bits per heavy atom. The van der Waals surface area contributed by atoms with Crippen LogP contribution in [0.4, 0.5) is 14.6 Å². The van der Waals surface area contributed by atoms with Crippen molar-refractivity contribution in [2.24, 2.45) is 0 Å². The van der Waals surface area contributed by atoms with Gasteiger partial charge in [-0.15, -0.1) is 0 Å². The second-order valence-electron chi connectivity index (χ2n) is 2.62. The van der Waals surface area contributed by atoms with E-state index in [-0.39, 0.29) is 17.8 Å². The molecule has 1 rings (SSSR count). The summed E-state index contributed by atoms with van der Waals surface area (Å²) >= 11 is 0. The first kappa shape index (κ1) is 10.2. The van der Waals surface area contributed by atoms with Crippen LogP contribution in [0.1, 0.15) is 17.7 Å². The highest BCUT2D eigenvalue weighted by molar-refractivity contribution is 5.36. The van der Waals surface area contributed by atoms with Gasteiger partial charge in [0, 0.05) is 11.6 Å². The average Bonchev–Trinajstić information content (AvgIpc) is 2.09. The van der Waals surface area contributed by atoms with Crippen LogP contribution >= 0.6 is 0 Å². The number of pyridine rings is 1. The summed E-state index contributed by atoms with van der Waals surface area (Å²) in [5, 5.41) is 8.34. The van der Waals surface area contributed by atoms with Gasteiger partial charge in [-0.3, -0.25) is 4.79 Å². The molecule has 0 saturated carbocycles. The zero-order valence-corrected chi connectivity index (χ0v) is 7.05. The summed E-state index contributed by atoms with van der Waals surface area (Å²) in [6, 6.07) is 2.63. The lowest BCUT2D eigenvalue weighted by atomic mass is 10.1. The fourth-order valence-corrected chi connectivity index (χ4v) is 1.08. The molecule has 0 bridgehead atoms. The molecule has 0 amide bonds. The minimum atomic E-state index is -2.84. The molecule has 1 aromatic rings. The number of aromatic nitrogens is 1. The topological polar surface area (TPSA) is 82.7 Å². The zero-order chi connectivity index (χ0) is 10.7. The number of nitriles is 1. The maximum Gasteiger partial charge on any atom is 0.278 e. The molecule has 0 unspecified atom stereocenters. The molecule has 0 aromatic carbocycles. The van der Waals surface area contributed by atoms with E-state index in [1.807, 2.05) is 0 Å². The first-order valence-corrected chi connectivity index (χ1v) is 3.73. The third kappa shape index (κ3) is 1.88. The van der Waals surface area contributed by atoms with Crippen LogP contribution in [0, 0.1) is 11.3 Å². The second-order valence-corrected chi connectivity index (χ2v) is 2.62. The number of hydrogen-bond donors (Lipinski definition) is 2. The number of halogens is 2. The van der Waals surface area contributed by atoms with Crippen molar-refractivity contribution in [2.75, 3.05) is 5.73 Å². The minimum absolute atomic E-state index is 0.132. The van der Waals surface area contributed by atoms with Crippen LogP contribution < -0.4 is 11.2 Å². The fraction of sp³-hybridized carbons (Fsp3) is 0.250. The monoisotopic (exact) mass is 199 g/mol. The predicted octanol–water partition coefficient (Wildman–Crippen LogP) is 0.961. The lowest BCUT2D eigenvalue weighted by molar-refractivity contribution is 0.145. The Morgan fingerprint density at radius 2 is 2.29 bits per heavy atom. The second kappa shape index (κ2) is 3.87. The summed E-state index contributed by atoms with van der Waals surface area (Å²) < 4.78 is 24.8. The van der Waals surface area contributed by atoms with Crippen LogP contribution in [-0.2, 0) is 6.42 Å². The molecule has 0 atom stereocenters. The van der Waals surface area contributed by atoms with Crippen molar-refractivity contribution in [1.29, 1.82) is 5.26 Å². The molecule has 14 heavy (non-hydrogen) atoms. The Bertz CT molecular complexity index is 433. The number of aromatic amines is 1. The molecular weight excluding hydrogens is 192 g/mol. The number of alkyl halides is 2. The van der Waals surface area contributed by atoms with E-state index in [9.17, 15) is 13.6 Å². The van der Waals surface area contributed by atoms with E-state index in [2.05, 4.69) is 4.98 Å². The summed E-state index contributed by atoms with van der Waals surface area (Å²) in [6.45, 7) is 0. The van der Waals surface area contributed by atoms with E-state index >= 15 is 0 Å². The zero-order valence-electron chi connectivity index (χ0n) is 7.05. The largest absolute Gasteiger partial charge is 0.385 e. The third-order valence-electron chi connectivity index (χ3n) is 1.66. The van der Waals surface area contributed by atoms with Crippen LogP contribution in [0.25, 0.3) is 0 Å². The molecule has 0 aliphatic rings. The quantitative estimate of drug-likeness (QED) is 0.744. The van der Waals surface area contributed by atoms with Crippen LogP contribution in [0.5, 0.6) is 0 Å². The average molecular weight is 199 g/mol. The number of hydrogen-bond acceptors (Lipinski definition) is 3. The van der Waals surface area contributed by atoms with Gasteiger partial charge in [-0.1, -0.05) is 0 Å². The van der Waals surface area contributed by atoms with Gasteiger partial charge in [0.2, 0.25) is 0 Å². The van der Waals surface area contributed by atoms with E-state index in [0.717, 1.165) is 6.07 Å². The first-order chi connectivity index (χ1) is 6.56. The third-order valence-corrected chi connectivity index (χ3v) is 1.66. The van der Waals surface area contributed by atoms with E-state index in [1.165, 1.54) is 0 Å². The summed E-state index contributed by atoms with van der Waals surface area (Å²) in [7, 11) is 0. The maximum absolute atomic E-state index is 12.4. The number of nitrogens with two attached hydrogens (primary N) is 1. The molecular formula is C8H7F2N3O. The van der Waals surface area contributed by atoms with Gasteiger partial charge in [0.15, 0.2) is 5.43 Å². The number of H-pyrrole nitrogens is 1. The molecule has 0 spiro atoms. The number of anilines is 1. The van der Waals surface area contributed by atoms with Crippen molar-refractivity contribution >= 4 is 5.82 Å². The predicted molar refractivity (Wildman–Crippen MR) is 45.7 cm³/mol. The normalized spacial score (nSPS) is 10.1. The Balaban J connectivity index is 3.38. The van der Waals surface area contributed by atoms with Crippen LogP contribution in [0.2, 0.25) is 0 Å². The number of rotatable bonds is 2. The number of nitrogens with one attached hydrogen (secondary N) is 1. The molecule has 0 saturated heterocycles. The maximum atomic E-state index is 12.4. The number of nitrogen functional groups attached to an aromatic ring is 1. The van der Waals surface area contributed by atoms with Crippen LogP contribution in [0.3, 0.4) is 0 Å². The molecule has 1 aromatic heterocycles. The highest BCUT2D eigenvalue weighted by atomic mass is 19.3. The van der Waals surface area contributed by atoms with Gasteiger partial charge < -0.3 is 10.7 Å². The summed E-state index contributed by atoms with van der Waals surface area (Å²) in [5.41, 5.74) is 3.75. The minimum Gasteiger partial charge on any atom is -0.385 e. The van der Waals surface area contributed by atoms with Crippen molar-refractivity contribution < 1.29 is 8.78 Å². The van der Waals surface area contributed by atoms with Crippen molar-refractivity contribution in [3.8, 4) is 6.07 Å². The van der Waals surface area contributed by atoms with Crippen molar-refractivity contribution in [3.05, 3.63) is 27.5 Å². The molecule has 74 valence electrons. The Kier molecular flexibility index (Phi) is 2.82. The van der Waals surface area contributed by atoms with Gasteiger partial charge in [-0.2, -0.15) is 5.26 Å². The van der Waals surface area contributed by atoms with Gasteiger partial charge in [0.05, 0.1) is 18.2 Å². The lowest BCUT2D eigenvalue weighted by Gasteiger charge is -2.06. The highest BCUT2D eigenvalue weighted by Gasteiger charge is 2.16. The Morgan fingerprint density at radius 3 is 2.79 bits per heavy atom. The van der Waals surface area contributed by atoms with Crippen molar-refractivity contribution in [3.63, 3.8) is 0 Å². The molecule has 0 aliphatic heterocycles. The molecule has 4 nitrogen and oxygen atoms in total. The summed E-state index contributed by atoms with van der Waals surface area (Å²) in [4.78, 5) is 13.3. The molecule has 0 fully saturated rings. The molecule has 0 aliphatic carbocycles. The first-order valence-electron chi connectivity index (χ1n) is 3.73. The van der Waals surface area contributed by atoms with Crippen LogP contribution in [0.15, 0.2) is 10.9 Å². The van der Waals surface area contributed by atoms with E-state index in [1.54, 1.807) is 6.07 Å². The fourth-order valence-electron chi connectivity index (χ4n) is 1.08. The van der Waals surface area contributed by atoms with E-state index in [0.29, 0.717) is 0 Å². The van der Waals surface area contributed by atoms with Gasteiger partial charge >= 0.3 is 0 Å². The van der Waals surface area contributed by atoms with E-state index < -0.39 is 17.5 Å². The van der Waals surface area contributed by atoms with Crippen molar-refractivity contribution in [2.45, 2.75) is 12.8 Å². The van der Waals surface area contributed by atoms with Crippen LogP contribution in [-0.4, -0.2) is 4.98 Å². The highest BCUT2D eigenvalue weighted by Crippen LogP contribution is 2.19. The Labute approximate surface area is 78.0 Å². The van der Waals surface area contributed by atoms with E-state index in [4.69, 9.17) is 11.0 Å². The molecule has 6 heteroatoms. The van der Waals surface area contributed by atoms with Gasteiger partial charge in [0.1, 0.15) is 5.82 Å². The van der Waals surface area contributed by atoms with Gasteiger partial charge in [0.25, 0.3) is 6.43 Å². The van der Waals surface area contributed by atoms with Crippen molar-refractivity contribution in [1.82, 2.24) is 4.98 Å². The number of nitrogens with zero attached hydrogens (tertiary/aromatic N) is 1. The summed E-state index contributed by atoms with van der Waals surface area (Å²) in [5.74, 6) is -0.132. The molecule has 3 N–H and O–H groups in total. The SMILES string of the molecule is N#CCc1c(C(F)F)[nH]c(N)cc1=O. The molecule has 0 radical (unpaired) electrons. The molecule has 1 heterocycles. The Hall–Kier alpha value is -1.90. The van der Waals surface area contributed by atoms with Gasteiger partial charge in [-0.05, 0) is 0 Å². The lowest BCUT2D eigenvalue weighted by Crippen LogP contribution is -2.15. The van der Waals surface area contributed by atoms with Gasteiger partial charge in [-0.25, -0.2) is 8.78 Å². The smallest absolute Gasteiger partial charge is 0.278 e. The summed E-state index contributed by atoms with van der Waals surface area (Å²) in [6.07, 6.45) is -3.19.